The Balaban J connectivity index is 0.000000219. The highest BCUT2D eigenvalue weighted by Gasteiger charge is 2.08. The van der Waals surface area contributed by atoms with Gasteiger partial charge in [0.25, 0.3) is 0 Å². The van der Waals surface area contributed by atoms with E-state index in [0.29, 0.717) is 0 Å². The van der Waals surface area contributed by atoms with Crippen molar-refractivity contribution in [3.05, 3.63) is 107 Å². The van der Waals surface area contributed by atoms with Gasteiger partial charge in [-0.2, -0.15) is 0 Å². The van der Waals surface area contributed by atoms with Gasteiger partial charge < -0.3 is 0 Å². The van der Waals surface area contributed by atoms with E-state index in [1.807, 2.05) is 0 Å². The fourth-order valence-corrected chi connectivity index (χ4v) is 2.64. The molecule has 3 rings (SSSR count). The van der Waals surface area contributed by atoms with Gasteiger partial charge in [-0.25, -0.2) is 0 Å². The van der Waals surface area contributed by atoms with Crippen molar-refractivity contribution < 1.29 is 0 Å². The van der Waals surface area contributed by atoms with Crippen LogP contribution in [0.1, 0.15) is 36.1 Å². The van der Waals surface area contributed by atoms with Crippen molar-refractivity contribution in [3.8, 4) is 0 Å². The minimum atomic E-state index is 1.08. The molecular formula is C24H26. The van der Waals surface area contributed by atoms with Gasteiger partial charge in [-0.15, -0.1) is 0 Å². The molecule has 0 heterocycles. The van der Waals surface area contributed by atoms with Crippen molar-refractivity contribution in [1.29, 1.82) is 0 Å². The maximum Gasteiger partial charge on any atom is -0.0109 e. The Labute approximate surface area is 146 Å². The van der Waals surface area contributed by atoms with Gasteiger partial charge in [-0.1, -0.05) is 85.0 Å². The monoisotopic (exact) mass is 314 g/mol. The Bertz CT molecular complexity index is 792. The lowest BCUT2D eigenvalue weighted by atomic mass is 9.91. The molecule has 0 heteroatoms. The lowest BCUT2D eigenvalue weighted by molar-refractivity contribution is 1.34. The highest BCUT2D eigenvalue weighted by molar-refractivity contribution is 5.87. The van der Waals surface area contributed by atoms with Gasteiger partial charge >= 0.3 is 0 Å². The molecule has 0 amide bonds. The van der Waals surface area contributed by atoms with E-state index in [2.05, 4.69) is 107 Å². The Kier molecular flexibility index (Phi) is 6.14. The third-order valence-corrected chi connectivity index (χ3v) is 4.25. The van der Waals surface area contributed by atoms with E-state index in [0.717, 1.165) is 5.57 Å². The zero-order valence-electron chi connectivity index (χ0n) is 15.1. The number of allylic oxidation sites excluding steroid dienone is 7. The molecule has 0 bridgehead atoms. The summed E-state index contributed by atoms with van der Waals surface area (Å²) in [4.78, 5) is 0. The van der Waals surface area contributed by atoms with Crippen molar-refractivity contribution in [2.24, 2.45) is 0 Å². The van der Waals surface area contributed by atoms with Crippen molar-refractivity contribution >= 4 is 11.1 Å². The molecule has 0 unspecified atom stereocenters. The SMILES string of the molecule is C=C1\C=C(C)/C=C\C(=C\C)c2ccccc21.Cc1ccccc1C. The number of hydrogen-bond donors (Lipinski definition) is 0. The summed E-state index contributed by atoms with van der Waals surface area (Å²) in [6, 6.07) is 16.8. The van der Waals surface area contributed by atoms with Crippen LogP contribution in [0.5, 0.6) is 0 Å². The first-order valence-electron chi connectivity index (χ1n) is 8.36. The molecule has 0 radical (unpaired) electrons. The summed E-state index contributed by atoms with van der Waals surface area (Å²) < 4.78 is 0. The van der Waals surface area contributed by atoms with Crippen molar-refractivity contribution in [3.63, 3.8) is 0 Å². The number of hydrogen-bond acceptors (Lipinski definition) is 0. The number of fused-ring (bicyclic) bond motifs is 1. The average Bonchev–Trinajstić information content (AvgIpc) is 2.58. The number of aryl methyl sites for hydroxylation is 2. The maximum absolute atomic E-state index is 4.14. The fraction of sp³-hybridized carbons (Fsp3) is 0.167. The van der Waals surface area contributed by atoms with E-state index >= 15 is 0 Å². The molecule has 0 saturated carbocycles. The first-order chi connectivity index (χ1) is 11.5. The van der Waals surface area contributed by atoms with Gasteiger partial charge in [0.05, 0.1) is 0 Å². The quantitative estimate of drug-likeness (QED) is 0.495. The Morgan fingerprint density at radius 3 is 1.83 bits per heavy atom. The molecule has 0 atom stereocenters. The smallest absolute Gasteiger partial charge is 0.0109 e. The molecule has 0 saturated heterocycles. The van der Waals surface area contributed by atoms with Crippen LogP contribution in [0.15, 0.2) is 85.0 Å². The molecule has 0 fully saturated rings. The topological polar surface area (TPSA) is 0 Å². The molecule has 0 aliphatic heterocycles. The van der Waals surface area contributed by atoms with Crippen molar-refractivity contribution in [1.82, 2.24) is 0 Å². The predicted octanol–water partition coefficient (Wildman–Crippen LogP) is 6.92. The normalized spacial score (nSPS) is 18.4. The third-order valence-electron chi connectivity index (χ3n) is 4.25. The summed E-state index contributed by atoms with van der Waals surface area (Å²) in [5, 5.41) is 0. The largest absolute Gasteiger partial charge is 0.0911 e. The summed E-state index contributed by atoms with van der Waals surface area (Å²) in [6.45, 7) is 12.5. The molecule has 0 nitrogen and oxygen atoms in total. The zero-order chi connectivity index (χ0) is 17.5. The summed E-state index contributed by atoms with van der Waals surface area (Å²) in [5.74, 6) is 0. The van der Waals surface area contributed by atoms with Crippen molar-refractivity contribution in [2.75, 3.05) is 0 Å². The first kappa shape index (κ1) is 17.7. The fourth-order valence-electron chi connectivity index (χ4n) is 2.64. The predicted molar refractivity (Wildman–Crippen MR) is 108 cm³/mol. The van der Waals surface area contributed by atoms with E-state index in [1.165, 1.54) is 33.4 Å². The summed E-state index contributed by atoms with van der Waals surface area (Å²) in [5.41, 5.74) is 8.79. The van der Waals surface area contributed by atoms with Crippen LogP contribution in [-0.4, -0.2) is 0 Å². The standard InChI is InChI=1S/C16H16.C8H10/c1-4-14-10-9-12(2)11-13(3)15-7-5-6-8-16(14)15;1-7-5-3-4-6-8(7)2/h4-11H,3H2,1-2H3;3-6H,1-2H3/b10-9-,12-11-,14-4-;. The molecule has 0 spiro atoms. The van der Waals surface area contributed by atoms with Crippen LogP contribution in [0.3, 0.4) is 0 Å². The van der Waals surface area contributed by atoms with Crippen LogP contribution >= 0.6 is 0 Å². The molecule has 0 N–H and O–H groups in total. The van der Waals surface area contributed by atoms with Crippen molar-refractivity contribution in [2.45, 2.75) is 27.7 Å². The molecule has 1 aliphatic carbocycles. The average molecular weight is 314 g/mol. The van der Waals surface area contributed by atoms with Gasteiger partial charge in [-0.3, -0.25) is 0 Å². The number of rotatable bonds is 0. The van der Waals surface area contributed by atoms with Gasteiger partial charge in [0.15, 0.2) is 0 Å². The molecule has 1 aliphatic rings. The summed E-state index contributed by atoms with van der Waals surface area (Å²) in [6.07, 6.45) is 8.57. The van der Waals surface area contributed by atoms with Gasteiger partial charge in [0, 0.05) is 0 Å². The molecule has 2 aromatic carbocycles. The number of benzene rings is 2. The van der Waals surface area contributed by atoms with Crippen LogP contribution < -0.4 is 0 Å². The summed E-state index contributed by atoms with van der Waals surface area (Å²) in [7, 11) is 0. The maximum atomic E-state index is 4.14. The van der Waals surface area contributed by atoms with Crippen LogP contribution in [0.25, 0.3) is 11.1 Å². The second-order valence-electron chi connectivity index (χ2n) is 6.12. The second kappa shape index (κ2) is 8.31. The van der Waals surface area contributed by atoms with E-state index in [1.54, 1.807) is 0 Å². The van der Waals surface area contributed by atoms with Crippen LogP contribution in [-0.2, 0) is 0 Å². The minimum absolute atomic E-state index is 1.08. The highest BCUT2D eigenvalue weighted by Crippen LogP contribution is 2.29. The van der Waals surface area contributed by atoms with E-state index < -0.39 is 0 Å². The molecule has 2 aromatic rings. The second-order valence-corrected chi connectivity index (χ2v) is 6.12. The Morgan fingerprint density at radius 1 is 0.750 bits per heavy atom. The van der Waals surface area contributed by atoms with Gasteiger partial charge in [0.1, 0.15) is 0 Å². The van der Waals surface area contributed by atoms with Gasteiger partial charge in [0.2, 0.25) is 0 Å². The van der Waals surface area contributed by atoms with Crippen LogP contribution in [0.2, 0.25) is 0 Å². The molecule has 24 heavy (non-hydrogen) atoms. The van der Waals surface area contributed by atoms with E-state index in [-0.39, 0.29) is 0 Å². The Morgan fingerprint density at radius 2 is 1.29 bits per heavy atom. The lowest BCUT2D eigenvalue weighted by Gasteiger charge is -2.13. The van der Waals surface area contributed by atoms with Crippen LogP contribution in [0.4, 0.5) is 0 Å². The zero-order valence-corrected chi connectivity index (χ0v) is 15.1. The van der Waals surface area contributed by atoms with Gasteiger partial charge in [-0.05, 0) is 61.1 Å². The molecular weight excluding hydrogens is 288 g/mol. The van der Waals surface area contributed by atoms with E-state index in [4.69, 9.17) is 0 Å². The lowest BCUT2D eigenvalue weighted by Crippen LogP contribution is -1.92. The highest BCUT2D eigenvalue weighted by atomic mass is 14.1. The molecule has 122 valence electrons. The third kappa shape index (κ3) is 4.45. The minimum Gasteiger partial charge on any atom is -0.0911 e. The van der Waals surface area contributed by atoms with Crippen LogP contribution in [0, 0.1) is 13.8 Å². The Hall–Kier alpha value is -2.60. The van der Waals surface area contributed by atoms with E-state index in [9.17, 15) is 0 Å². The summed E-state index contributed by atoms with van der Waals surface area (Å²) >= 11 is 0. The molecule has 0 aromatic heterocycles. The first-order valence-corrected chi connectivity index (χ1v) is 8.36.